The first-order valence-electron chi connectivity index (χ1n) is 12.3. The largest absolute Gasteiger partial charge is 0.507 e. The highest BCUT2D eigenvalue weighted by Gasteiger charge is 2.46. The van der Waals surface area contributed by atoms with Crippen LogP contribution in [-0.4, -0.2) is 49.1 Å². The number of ether oxygens (including phenoxy) is 4. The van der Waals surface area contributed by atoms with E-state index in [-0.39, 0.29) is 34.6 Å². The van der Waals surface area contributed by atoms with Crippen molar-refractivity contribution < 1.29 is 33.6 Å². The summed E-state index contributed by atoms with van der Waals surface area (Å²) in [5.74, 6) is -0.183. The van der Waals surface area contributed by atoms with E-state index in [1.54, 1.807) is 24.3 Å². The van der Waals surface area contributed by atoms with Gasteiger partial charge in [-0.2, -0.15) is 0 Å². The van der Waals surface area contributed by atoms with Gasteiger partial charge in [-0.3, -0.25) is 9.59 Å². The van der Waals surface area contributed by atoms with Crippen molar-refractivity contribution in [1.29, 1.82) is 0 Å². The molecular weight excluding hydrogens is 522 g/mol. The fraction of sp³-hybridized carbons (Fsp3) is 0.267. The zero-order valence-electron chi connectivity index (χ0n) is 22.4. The molecule has 0 spiro atoms. The van der Waals surface area contributed by atoms with Gasteiger partial charge in [0.1, 0.15) is 28.8 Å². The molecule has 0 aliphatic carbocycles. The van der Waals surface area contributed by atoms with Crippen LogP contribution in [-0.2, 0) is 16.1 Å². The maximum Gasteiger partial charge on any atom is 0.295 e. The number of methoxy groups -OCH3 is 3. The van der Waals surface area contributed by atoms with Crippen molar-refractivity contribution in [2.45, 2.75) is 32.5 Å². The second-order valence-electron chi connectivity index (χ2n) is 9.20. The monoisotopic (exact) mass is 551 g/mol. The molecule has 1 saturated heterocycles. The minimum absolute atomic E-state index is 0.0187. The molecule has 39 heavy (non-hydrogen) atoms. The normalized spacial score (nSPS) is 16.5. The number of Topliss-reactive ketones (excluding diaryl/α,β-unsaturated/α-hetero) is 1. The predicted molar refractivity (Wildman–Crippen MR) is 148 cm³/mol. The number of carbonyl (C=O) groups is 2. The van der Waals surface area contributed by atoms with Crippen LogP contribution in [0.2, 0.25) is 5.02 Å². The number of hydrogen-bond donors (Lipinski definition) is 1. The van der Waals surface area contributed by atoms with Gasteiger partial charge in [0.25, 0.3) is 11.7 Å². The number of aliphatic hydroxyl groups is 1. The molecule has 8 nitrogen and oxygen atoms in total. The Hall–Kier alpha value is -4.17. The van der Waals surface area contributed by atoms with Gasteiger partial charge in [-0.25, -0.2) is 0 Å². The molecule has 1 aliphatic rings. The fourth-order valence-corrected chi connectivity index (χ4v) is 4.77. The fourth-order valence-electron chi connectivity index (χ4n) is 4.53. The lowest BCUT2D eigenvalue weighted by molar-refractivity contribution is -0.140. The number of ketones is 1. The molecule has 1 aliphatic heterocycles. The third-order valence-corrected chi connectivity index (χ3v) is 6.62. The van der Waals surface area contributed by atoms with E-state index in [9.17, 15) is 14.7 Å². The molecule has 204 valence electrons. The van der Waals surface area contributed by atoms with Crippen molar-refractivity contribution in [1.82, 2.24) is 4.90 Å². The summed E-state index contributed by atoms with van der Waals surface area (Å²) in [4.78, 5) is 28.3. The van der Waals surface area contributed by atoms with E-state index >= 15 is 0 Å². The Morgan fingerprint density at radius 1 is 0.923 bits per heavy atom. The molecule has 0 saturated carbocycles. The minimum atomic E-state index is -0.905. The Morgan fingerprint density at radius 3 is 2.23 bits per heavy atom. The third-order valence-electron chi connectivity index (χ3n) is 6.33. The zero-order chi connectivity index (χ0) is 28.3. The Bertz CT molecular complexity index is 1420. The third kappa shape index (κ3) is 5.66. The molecule has 3 aromatic carbocycles. The summed E-state index contributed by atoms with van der Waals surface area (Å²) in [5.41, 5.74) is 1.44. The van der Waals surface area contributed by atoms with E-state index in [1.165, 1.54) is 38.4 Å². The molecule has 1 unspecified atom stereocenters. The van der Waals surface area contributed by atoms with Gasteiger partial charge >= 0.3 is 0 Å². The molecule has 0 radical (unpaired) electrons. The number of halogens is 1. The van der Waals surface area contributed by atoms with Crippen molar-refractivity contribution in [2.75, 3.05) is 21.3 Å². The molecule has 1 heterocycles. The number of rotatable bonds is 9. The smallest absolute Gasteiger partial charge is 0.295 e. The Balaban J connectivity index is 1.85. The highest BCUT2D eigenvalue weighted by molar-refractivity contribution is 6.46. The summed E-state index contributed by atoms with van der Waals surface area (Å²) in [6, 6.07) is 16.4. The average molecular weight is 552 g/mol. The molecule has 1 amide bonds. The molecule has 4 rings (SSSR count). The lowest BCUT2D eigenvalue weighted by Gasteiger charge is -2.26. The van der Waals surface area contributed by atoms with Crippen LogP contribution in [0.25, 0.3) is 5.76 Å². The molecular formula is C30H30ClNO7. The van der Waals surface area contributed by atoms with Crippen LogP contribution in [0.1, 0.15) is 36.6 Å². The summed E-state index contributed by atoms with van der Waals surface area (Å²) in [6.45, 7) is 3.99. The van der Waals surface area contributed by atoms with Gasteiger partial charge in [0.05, 0.1) is 49.6 Å². The summed E-state index contributed by atoms with van der Waals surface area (Å²) in [6.07, 6.45) is 0.0187. The van der Waals surface area contributed by atoms with E-state index in [4.69, 9.17) is 30.5 Å². The Morgan fingerprint density at radius 2 is 1.62 bits per heavy atom. The standard InChI is InChI=1S/C30H30ClNO7/c1-17(2)39-20-11-9-18(10-12-20)16-32-27(19-7-6-8-21(13-19)36-3)26(29(34)30(32)35)28(33)22-14-23(31)25(38-5)15-24(22)37-4/h6-15,17,27,33H,16H2,1-5H3/b28-26+. The first kappa shape index (κ1) is 27.9. The van der Waals surface area contributed by atoms with Crippen LogP contribution in [0.4, 0.5) is 0 Å². The van der Waals surface area contributed by atoms with E-state index in [1.807, 2.05) is 38.1 Å². The maximum absolute atomic E-state index is 13.5. The highest BCUT2D eigenvalue weighted by atomic mass is 35.5. The van der Waals surface area contributed by atoms with E-state index < -0.39 is 23.5 Å². The van der Waals surface area contributed by atoms with Crippen molar-refractivity contribution in [3.8, 4) is 23.0 Å². The van der Waals surface area contributed by atoms with Gasteiger partial charge in [0.2, 0.25) is 0 Å². The predicted octanol–water partition coefficient (Wildman–Crippen LogP) is 5.77. The van der Waals surface area contributed by atoms with Gasteiger partial charge < -0.3 is 29.0 Å². The maximum atomic E-state index is 13.5. The van der Waals surface area contributed by atoms with Crippen LogP contribution < -0.4 is 18.9 Å². The number of carbonyl (C=O) groups excluding carboxylic acids is 2. The van der Waals surface area contributed by atoms with E-state index in [0.29, 0.717) is 22.8 Å². The zero-order valence-corrected chi connectivity index (χ0v) is 23.1. The van der Waals surface area contributed by atoms with E-state index in [0.717, 1.165) is 5.56 Å². The second kappa shape index (κ2) is 11.7. The van der Waals surface area contributed by atoms with Gasteiger partial charge in [-0.15, -0.1) is 0 Å². The van der Waals surface area contributed by atoms with Crippen molar-refractivity contribution in [3.63, 3.8) is 0 Å². The van der Waals surface area contributed by atoms with Gasteiger partial charge in [0.15, 0.2) is 0 Å². The summed E-state index contributed by atoms with van der Waals surface area (Å²) >= 11 is 6.34. The summed E-state index contributed by atoms with van der Waals surface area (Å²) in [7, 11) is 4.40. The van der Waals surface area contributed by atoms with Crippen LogP contribution in [0.3, 0.4) is 0 Å². The Labute approximate surface area is 232 Å². The number of hydrogen-bond acceptors (Lipinski definition) is 7. The lowest BCUT2D eigenvalue weighted by atomic mass is 9.94. The lowest BCUT2D eigenvalue weighted by Crippen LogP contribution is -2.29. The molecule has 1 N–H and O–H groups in total. The number of benzene rings is 3. The van der Waals surface area contributed by atoms with Crippen molar-refractivity contribution in [2.24, 2.45) is 0 Å². The summed E-state index contributed by atoms with van der Waals surface area (Å²) < 4.78 is 21.8. The number of likely N-dealkylation sites (tertiary alicyclic amines) is 1. The molecule has 1 fully saturated rings. The minimum Gasteiger partial charge on any atom is -0.507 e. The molecule has 0 aromatic heterocycles. The SMILES string of the molecule is COc1cccc(C2/C(=C(\O)c3cc(Cl)c(OC)cc3OC)C(=O)C(=O)N2Cc2ccc(OC(C)C)cc2)c1. The highest BCUT2D eigenvalue weighted by Crippen LogP contribution is 2.44. The number of amides is 1. The van der Waals surface area contributed by atoms with Gasteiger partial charge in [-0.05, 0) is 55.3 Å². The van der Waals surface area contributed by atoms with Crippen LogP contribution in [0, 0.1) is 0 Å². The Kier molecular flexibility index (Phi) is 8.35. The molecule has 9 heteroatoms. The first-order chi connectivity index (χ1) is 18.7. The number of aliphatic hydroxyl groups excluding tert-OH is 1. The molecule has 3 aromatic rings. The van der Waals surface area contributed by atoms with Gasteiger partial charge in [-0.1, -0.05) is 35.9 Å². The van der Waals surface area contributed by atoms with Crippen LogP contribution >= 0.6 is 11.6 Å². The van der Waals surface area contributed by atoms with Crippen LogP contribution in [0.15, 0.2) is 66.2 Å². The molecule has 1 atom stereocenters. The van der Waals surface area contributed by atoms with Crippen LogP contribution in [0.5, 0.6) is 23.0 Å². The van der Waals surface area contributed by atoms with Gasteiger partial charge in [0, 0.05) is 12.6 Å². The summed E-state index contributed by atoms with van der Waals surface area (Å²) in [5, 5.41) is 11.7. The van der Waals surface area contributed by atoms with E-state index in [2.05, 4.69) is 0 Å². The van der Waals surface area contributed by atoms with Crippen molar-refractivity contribution in [3.05, 3.63) is 87.9 Å². The topological polar surface area (TPSA) is 94.5 Å². The second-order valence-corrected chi connectivity index (χ2v) is 9.61. The quantitative estimate of drug-likeness (QED) is 0.205. The average Bonchev–Trinajstić information content (AvgIpc) is 3.18. The van der Waals surface area contributed by atoms with Crippen molar-refractivity contribution >= 4 is 29.1 Å². The number of nitrogens with zero attached hydrogens (tertiary/aromatic N) is 1. The molecule has 0 bridgehead atoms. The first-order valence-corrected chi connectivity index (χ1v) is 12.7.